The second kappa shape index (κ2) is 4.32. The van der Waals surface area contributed by atoms with E-state index in [0.29, 0.717) is 12.2 Å². The van der Waals surface area contributed by atoms with Crippen LogP contribution in [-0.2, 0) is 6.42 Å². The molecule has 1 atom stereocenters. The number of rotatable bonds is 2. The number of hydrogen-bond donors (Lipinski definition) is 2. The van der Waals surface area contributed by atoms with Crippen molar-refractivity contribution in [3.8, 4) is 5.75 Å². The Bertz CT molecular complexity index is 321. The van der Waals surface area contributed by atoms with Crippen LogP contribution in [0.5, 0.6) is 5.75 Å². The van der Waals surface area contributed by atoms with Crippen molar-refractivity contribution in [1.82, 2.24) is 0 Å². The average Bonchev–Trinajstić information content (AvgIpc) is 2.09. The van der Waals surface area contributed by atoms with E-state index in [1.807, 2.05) is 26.8 Å². The van der Waals surface area contributed by atoms with Crippen LogP contribution in [0.2, 0.25) is 0 Å². The smallest absolute Gasteiger partial charge is 0.122 e. The van der Waals surface area contributed by atoms with Gasteiger partial charge in [-0.1, -0.05) is 15.9 Å². The van der Waals surface area contributed by atoms with Gasteiger partial charge in [0.05, 0.1) is 0 Å². The molecule has 0 saturated heterocycles. The lowest BCUT2D eigenvalue weighted by atomic mass is 9.98. The normalized spacial score (nSPS) is 12.9. The highest BCUT2D eigenvalue weighted by Crippen LogP contribution is 2.31. The molecule has 14 heavy (non-hydrogen) atoms. The van der Waals surface area contributed by atoms with Crippen molar-refractivity contribution < 1.29 is 5.11 Å². The molecule has 3 heteroatoms. The lowest BCUT2D eigenvalue weighted by Crippen LogP contribution is -2.18. The highest BCUT2D eigenvalue weighted by molar-refractivity contribution is 9.10. The SMILES string of the molecule is Cc1cc(Br)c(C)c(CC(C)N)c1O. The van der Waals surface area contributed by atoms with Gasteiger partial charge in [-0.05, 0) is 49.9 Å². The summed E-state index contributed by atoms with van der Waals surface area (Å²) in [6, 6.07) is 1.99. The Morgan fingerprint density at radius 1 is 1.50 bits per heavy atom. The molecule has 1 rings (SSSR count). The fraction of sp³-hybridized carbons (Fsp3) is 0.455. The molecule has 0 saturated carbocycles. The fourth-order valence-corrected chi connectivity index (χ4v) is 2.08. The van der Waals surface area contributed by atoms with Crippen molar-refractivity contribution in [3.63, 3.8) is 0 Å². The van der Waals surface area contributed by atoms with E-state index in [9.17, 15) is 5.11 Å². The minimum atomic E-state index is 0.0632. The zero-order valence-corrected chi connectivity index (χ0v) is 10.4. The molecule has 0 bridgehead atoms. The van der Waals surface area contributed by atoms with E-state index in [-0.39, 0.29) is 6.04 Å². The van der Waals surface area contributed by atoms with Gasteiger partial charge in [-0.15, -0.1) is 0 Å². The van der Waals surface area contributed by atoms with Gasteiger partial charge in [0.1, 0.15) is 5.75 Å². The van der Waals surface area contributed by atoms with E-state index in [2.05, 4.69) is 15.9 Å². The Morgan fingerprint density at radius 3 is 2.57 bits per heavy atom. The molecule has 0 aliphatic heterocycles. The monoisotopic (exact) mass is 257 g/mol. The van der Waals surface area contributed by atoms with Crippen molar-refractivity contribution in [2.75, 3.05) is 0 Å². The van der Waals surface area contributed by atoms with Crippen LogP contribution < -0.4 is 5.73 Å². The summed E-state index contributed by atoms with van der Waals surface area (Å²) in [7, 11) is 0. The summed E-state index contributed by atoms with van der Waals surface area (Å²) in [6.45, 7) is 5.82. The molecule has 0 amide bonds. The first-order chi connectivity index (χ1) is 6.43. The van der Waals surface area contributed by atoms with Crippen LogP contribution in [0.25, 0.3) is 0 Å². The highest BCUT2D eigenvalue weighted by Gasteiger charge is 2.12. The van der Waals surface area contributed by atoms with Crippen LogP contribution in [0.1, 0.15) is 23.6 Å². The molecule has 0 radical (unpaired) electrons. The fourth-order valence-electron chi connectivity index (χ4n) is 1.50. The van der Waals surface area contributed by atoms with Gasteiger partial charge in [0, 0.05) is 10.5 Å². The average molecular weight is 258 g/mol. The summed E-state index contributed by atoms with van der Waals surface area (Å²) in [4.78, 5) is 0. The largest absolute Gasteiger partial charge is 0.507 e. The number of aryl methyl sites for hydroxylation is 1. The van der Waals surface area contributed by atoms with Gasteiger partial charge in [-0.25, -0.2) is 0 Å². The van der Waals surface area contributed by atoms with Gasteiger partial charge in [-0.2, -0.15) is 0 Å². The number of halogens is 1. The van der Waals surface area contributed by atoms with Crippen LogP contribution in [0, 0.1) is 13.8 Å². The maximum Gasteiger partial charge on any atom is 0.122 e. The minimum Gasteiger partial charge on any atom is -0.507 e. The molecule has 0 spiro atoms. The first-order valence-corrected chi connectivity index (χ1v) is 5.46. The van der Waals surface area contributed by atoms with E-state index in [1.165, 1.54) is 0 Å². The number of nitrogens with two attached hydrogens (primary N) is 1. The van der Waals surface area contributed by atoms with Crippen molar-refractivity contribution in [3.05, 3.63) is 27.2 Å². The molecule has 0 aromatic heterocycles. The summed E-state index contributed by atoms with van der Waals surface area (Å²) in [5.74, 6) is 0.378. The predicted molar refractivity (Wildman–Crippen MR) is 62.6 cm³/mol. The third-order valence-electron chi connectivity index (χ3n) is 2.34. The molecule has 78 valence electrons. The zero-order chi connectivity index (χ0) is 10.9. The molecule has 0 aliphatic carbocycles. The highest BCUT2D eigenvalue weighted by atomic mass is 79.9. The van der Waals surface area contributed by atoms with E-state index in [0.717, 1.165) is 21.2 Å². The molecule has 1 unspecified atom stereocenters. The molecule has 0 aliphatic rings. The lowest BCUT2D eigenvalue weighted by Gasteiger charge is -2.14. The maximum atomic E-state index is 9.88. The number of benzene rings is 1. The Labute approximate surface area is 93.3 Å². The van der Waals surface area contributed by atoms with Crippen LogP contribution >= 0.6 is 15.9 Å². The Morgan fingerprint density at radius 2 is 2.07 bits per heavy atom. The van der Waals surface area contributed by atoms with Gasteiger partial charge < -0.3 is 10.8 Å². The van der Waals surface area contributed by atoms with Gasteiger partial charge in [-0.3, -0.25) is 0 Å². The predicted octanol–water partition coefficient (Wildman–Crippen LogP) is 2.66. The standard InChI is InChI=1S/C11H16BrNO/c1-6-4-10(12)8(3)9(11(6)14)5-7(2)13/h4,7,14H,5,13H2,1-3H3. The lowest BCUT2D eigenvalue weighted by molar-refractivity contribution is 0.460. The second-order valence-corrected chi connectivity index (χ2v) is 4.66. The first-order valence-electron chi connectivity index (χ1n) is 4.66. The zero-order valence-electron chi connectivity index (χ0n) is 8.76. The van der Waals surface area contributed by atoms with E-state index < -0.39 is 0 Å². The van der Waals surface area contributed by atoms with Gasteiger partial charge in [0.15, 0.2) is 0 Å². The summed E-state index contributed by atoms with van der Waals surface area (Å²) in [6.07, 6.45) is 0.706. The van der Waals surface area contributed by atoms with Gasteiger partial charge >= 0.3 is 0 Å². The van der Waals surface area contributed by atoms with Gasteiger partial charge in [0.25, 0.3) is 0 Å². The van der Waals surface area contributed by atoms with Crippen molar-refractivity contribution in [2.24, 2.45) is 5.73 Å². The van der Waals surface area contributed by atoms with Crippen LogP contribution in [-0.4, -0.2) is 11.1 Å². The Hall–Kier alpha value is -0.540. The third kappa shape index (κ3) is 2.28. The first kappa shape index (κ1) is 11.5. The summed E-state index contributed by atoms with van der Waals surface area (Å²) < 4.78 is 1.03. The van der Waals surface area contributed by atoms with Crippen LogP contribution in [0.15, 0.2) is 10.5 Å². The van der Waals surface area contributed by atoms with Crippen molar-refractivity contribution >= 4 is 15.9 Å². The topological polar surface area (TPSA) is 46.2 Å². The van der Waals surface area contributed by atoms with E-state index in [1.54, 1.807) is 0 Å². The van der Waals surface area contributed by atoms with Crippen LogP contribution in [0.4, 0.5) is 0 Å². The quantitative estimate of drug-likeness (QED) is 0.856. The molecular formula is C11H16BrNO. The molecule has 2 nitrogen and oxygen atoms in total. The number of hydrogen-bond acceptors (Lipinski definition) is 2. The Balaban J connectivity index is 3.25. The molecule has 1 aromatic rings. The molecule has 1 aromatic carbocycles. The Kier molecular flexibility index (Phi) is 3.56. The molecule has 0 heterocycles. The molecule has 0 fully saturated rings. The number of aromatic hydroxyl groups is 1. The second-order valence-electron chi connectivity index (χ2n) is 3.81. The number of phenols is 1. The third-order valence-corrected chi connectivity index (χ3v) is 3.16. The number of phenolic OH excluding ortho intramolecular Hbond substituents is 1. The maximum absolute atomic E-state index is 9.88. The van der Waals surface area contributed by atoms with Crippen molar-refractivity contribution in [2.45, 2.75) is 33.2 Å². The molecule has 3 N–H and O–H groups in total. The summed E-state index contributed by atoms with van der Waals surface area (Å²) in [5.41, 5.74) is 8.65. The van der Waals surface area contributed by atoms with Crippen molar-refractivity contribution in [1.29, 1.82) is 0 Å². The van der Waals surface area contributed by atoms with E-state index >= 15 is 0 Å². The molecular weight excluding hydrogens is 242 g/mol. The van der Waals surface area contributed by atoms with Gasteiger partial charge in [0.2, 0.25) is 0 Å². The minimum absolute atomic E-state index is 0.0632. The van der Waals surface area contributed by atoms with Crippen LogP contribution in [0.3, 0.4) is 0 Å². The van der Waals surface area contributed by atoms with E-state index in [4.69, 9.17) is 5.73 Å². The summed E-state index contributed by atoms with van der Waals surface area (Å²) >= 11 is 3.47. The summed E-state index contributed by atoms with van der Waals surface area (Å²) in [5, 5.41) is 9.88.